The van der Waals surface area contributed by atoms with E-state index in [4.69, 9.17) is 14.2 Å². The van der Waals surface area contributed by atoms with Gasteiger partial charge in [0.05, 0.1) is 34.4 Å². The van der Waals surface area contributed by atoms with Crippen molar-refractivity contribution in [2.24, 2.45) is 0 Å². The van der Waals surface area contributed by atoms with Gasteiger partial charge in [-0.2, -0.15) is 0 Å². The van der Waals surface area contributed by atoms with E-state index in [2.05, 4.69) is 74.6 Å². The molecule has 0 fully saturated rings. The summed E-state index contributed by atoms with van der Waals surface area (Å²) in [5.74, 6) is -1.56. The molecule has 0 rings (SSSR count). The standard InChI is InChI=1S/C45H77NO7/c1-6-8-10-12-14-16-18-20-21-22-23-24-26-28-30-32-34-36-44(48)53-41(39-51-38-37-42(45(49)50)46(3,4)5)40-52-43(47)35-33-31-29-27-25-19-17-15-13-11-9-7-2/h9,11,15,17,20-21,23-24,28,30,41-42H,6-8,10,12-14,16,18-19,22,25-27,29,31-40H2,1-5H3/p+1/b11-9+,17-15+,21-20+,24-23+,30-28+. The van der Waals surface area contributed by atoms with Crippen LogP contribution in [-0.4, -0.2) is 80.6 Å². The maximum absolute atomic E-state index is 12.7. The quantitative estimate of drug-likeness (QED) is 0.0295. The SMILES string of the molecule is CC/C=C/C/C=C/CCCCCCCC(=O)OCC(COCCC(C(=O)O)[N+](C)(C)C)OC(=O)CCC/C=C/C/C=C/C/C=C/CCCCCCCC. The number of carboxylic acids is 1. The molecule has 0 aliphatic carbocycles. The molecule has 0 heterocycles. The van der Waals surface area contributed by atoms with Crippen molar-refractivity contribution in [2.75, 3.05) is 41.0 Å². The lowest BCUT2D eigenvalue weighted by molar-refractivity contribution is -0.887. The van der Waals surface area contributed by atoms with Crippen LogP contribution in [0.5, 0.6) is 0 Å². The van der Waals surface area contributed by atoms with Crippen molar-refractivity contribution in [2.45, 2.75) is 167 Å². The number of allylic oxidation sites excluding steroid dienone is 10. The number of likely N-dealkylation sites (N-methyl/N-ethyl adjacent to an activating group) is 1. The summed E-state index contributed by atoms with van der Waals surface area (Å²) in [5, 5.41) is 9.60. The summed E-state index contributed by atoms with van der Waals surface area (Å²) >= 11 is 0. The normalized spacial score (nSPS) is 13.6. The Morgan fingerprint density at radius 3 is 1.62 bits per heavy atom. The van der Waals surface area contributed by atoms with Gasteiger partial charge in [0.15, 0.2) is 12.1 Å². The summed E-state index contributed by atoms with van der Waals surface area (Å²) in [6, 6.07) is -0.627. The van der Waals surface area contributed by atoms with E-state index in [1.54, 1.807) is 0 Å². The molecule has 0 aromatic carbocycles. The van der Waals surface area contributed by atoms with Crippen LogP contribution in [0.25, 0.3) is 0 Å². The number of carboxylic acid groups (broad SMARTS) is 1. The highest BCUT2D eigenvalue weighted by atomic mass is 16.6. The fraction of sp³-hybridized carbons (Fsp3) is 0.711. The number of unbranched alkanes of at least 4 members (excludes halogenated alkanes) is 12. The average Bonchev–Trinajstić information content (AvgIpc) is 3.11. The van der Waals surface area contributed by atoms with Crippen LogP contribution in [0.4, 0.5) is 0 Å². The predicted octanol–water partition coefficient (Wildman–Crippen LogP) is 11.0. The van der Waals surface area contributed by atoms with Crippen LogP contribution < -0.4 is 0 Å². The third-order valence-electron chi connectivity index (χ3n) is 8.90. The minimum absolute atomic E-state index is 0.0340. The van der Waals surface area contributed by atoms with E-state index >= 15 is 0 Å². The van der Waals surface area contributed by atoms with E-state index in [1.165, 1.54) is 44.9 Å². The first-order valence-corrected chi connectivity index (χ1v) is 20.8. The Labute approximate surface area is 324 Å². The van der Waals surface area contributed by atoms with Gasteiger partial charge in [0.2, 0.25) is 0 Å². The Morgan fingerprint density at radius 1 is 0.585 bits per heavy atom. The van der Waals surface area contributed by atoms with Crippen LogP contribution in [0.15, 0.2) is 60.8 Å². The van der Waals surface area contributed by atoms with E-state index in [1.807, 2.05) is 21.1 Å². The van der Waals surface area contributed by atoms with Gasteiger partial charge in [0.1, 0.15) is 6.61 Å². The van der Waals surface area contributed by atoms with E-state index in [0.717, 1.165) is 70.6 Å². The van der Waals surface area contributed by atoms with E-state index in [9.17, 15) is 19.5 Å². The molecule has 2 unspecified atom stereocenters. The summed E-state index contributed by atoms with van der Waals surface area (Å²) in [6.07, 6.45) is 42.7. The molecule has 0 aliphatic heterocycles. The van der Waals surface area contributed by atoms with Crippen molar-refractivity contribution >= 4 is 17.9 Å². The highest BCUT2D eigenvalue weighted by Crippen LogP contribution is 2.12. The number of aliphatic carboxylic acids is 1. The van der Waals surface area contributed by atoms with Gasteiger partial charge in [-0.15, -0.1) is 0 Å². The molecular weight excluding hydrogens is 666 g/mol. The van der Waals surface area contributed by atoms with Gasteiger partial charge < -0.3 is 23.8 Å². The van der Waals surface area contributed by atoms with Crippen molar-refractivity contribution in [3.63, 3.8) is 0 Å². The second kappa shape index (κ2) is 36.0. The van der Waals surface area contributed by atoms with Crippen LogP contribution >= 0.6 is 0 Å². The summed E-state index contributed by atoms with van der Waals surface area (Å²) in [6.45, 7) is 4.53. The molecule has 8 heteroatoms. The molecule has 8 nitrogen and oxygen atoms in total. The lowest BCUT2D eigenvalue weighted by atomic mass is 10.1. The highest BCUT2D eigenvalue weighted by molar-refractivity contribution is 5.72. The summed E-state index contributed by atoms with van der Waals surface area (Å²) in [7, 11) is 5.49. The van der Waals surface area contributed by atoms with Gasteiger partial charge in [0, 0.05) is 19.3 Å². The maximum atomic E-state index is 12.7. The smallest absolute Gasteiger partial charge is 0.362 e. The number of esters is 2. The van der Waals surface area contributed by atoms with Gasteiger partial charge in [0.25, 0.3) is 0 Å². The zero-order valence-electron chi connectivity index (χ0n) is 34.4. The average molecular weight is 745 g/mol. The van der Waals surface area contributed by atoms with E-state index < -0.39 is 18.1 Å². The monoisotopic (exact) mass is 745 g/mol. The molecule has 304 valence electrons. The predicted molar refractivity (Wildman–Crippen MR) is 220 cm³/mol. The number of hydrogen-bond donors (Lipinski definition) is 1. The van der Waals surface area contributed by atoms with E-state index in [-0.39, 0.29) is 42.7 Å². The molecule has 0 radical (unpaired) electrons. The lowest BCUT2D eigenvalue weighted by Gasteiger charge is -2.31. The van der Waals surface area contributed by atoms with Gasteiger partial charge >= 0.3 is 17.9 Å². The number of ether oxygens (including phenoxy) is 3. The minimum atomic E-state index is -0.887. The molecule has 0 saturated carbocycles. The third-order valence-corrected chi connectivity index (χ3v) is 8.90. The zero-order valence-corrected chi connectivity index (χ0v) is 34.4. The number of rotatable bonds is 36. The Morgan fingerprint density at radius 2 is 1.08 bits per heavy atom. The van der Waals surface area contributed by atoms with Gasteiger partial charge in [-0.3, -0.25) is 9.59 Å². The second-order valence-corrected chi connectivity index (χ2v) is 14.9. The van der Waals surface area contributed by atoms with Crippen LogP contribution in [0, 0.1) is 0 Å². The molecule has 1 N–H and O–H groups in total. The summed E-state index contributed by atoms with van der Waals surface area (Å²) < 4.78 is 17.2. The third kappa shape index (κ3) is 34.5. The number of carbonyl (C=O) groups is 3. The molecular formula is C45H78NO7+. The zero-order chi connectivity index (χ0) is 39.3. The van der Waals surface area contributed by atoms with Crippen LogP contribution in [-0.2, 0) is 28.6 Å². The first kappa shape index (κ1) is 50.0. The van der Waals surface area contributed by atoms with Crippen molar-refractivity contribution in [3.05, 3.63) is 60.8 Å². The number of quaternary nitrogens is 1. The molecule has 0 saturated heterocycles. The lowest BCUT2D eigenvalue weighted by Crippen LogP contribution is -2.50. The summed E-state index contributed by atoms with van der Waals surface area (Å²) in [5.41, 5.74) is 0. The second-order valence-electron chi connectivity index (χ2n) is 14.9. The molecule has 0 spiro atoms. The number of nitrogens with zero attached hydrogens (tertiary/aromatic N) is 1. The fourth-order valence-electron chi connectivity index (χ4n) is 5.67. The molecule has 2 atom stereocenters. The Hall–Kier alpha value is -2.97. The van der Waals surface area contributed by atoms with Gasteiger partial charge in [-0.25, -0.2) is 4.79 Å². The molecule has 0 aromatic heterocycles. The van der Waals surface area contributed by atoms with Gasteiger partial charge in [-0.05, 0) is 70.6 Å². The molecule has 0 amide bonds. The van der Waals surface area contributed by atoms with Gasteiger partial charge in [-0.1, -0.05) is 126 Å². The Bertz CT molecular complexity index is 1050. The van der Waals surface area contributed by atoms with Crippen molar-refractivity contribution in [1.29, 1.82) is 0 Å². The van der Waals surface area contributed by atoms with E-state index in [0.29, 0.717) is 19.3 Å². The fourth-order valence-corrected chi connectivity index (χ4v) is 5.67. The summed E-state index contributed by atoms with van der Waals surface area (Å²) in [4.78, 5) is 36.8. The van der Waals surface area contributed by atoms with Crippen LogP contribution in [0.1, 0.15) is 155 Å². The molecule has 0 bridgehead atoms. The number of carbonyl (C=O) groups excluding carboxylic acids is 2. The molecule has 53 heavy (non-hydrogen) atoms. The highest BCUT2D eigenvalue weighted by Gasteiger charge is 2.31. The molecule has 0 aromatic rings. The maximum Gasteiger partial charge on any atom is 0.362 e. The largest absolute Gasteiger partial charge is 0.477 e. The van der Waals surface area contributed by atoms with Crippen LogP contribution in [0.2, 0.25) is 0 Å². The first-order valence-electron chi connectivity index (χ1n) is 20.8. The van der Waals surface area contributed by atoms with Crippen LogP contribution in [0.3, 0.4) is 0 Å². The van der Waals surface area contributed by atoms with Crippen molar-refractivity contribution < 1.29 is 38.2 Å². The first-order chi connectivity index (χ1) is 25.6. The Kier molecular flexibility index (Phi) is 34.0. The number of hydrogen-bond acceptors (Lipinski definition) is 6. The minimum Gasteiger partial charge on any atom is -0.477 e. The topological polar surface area (TPSA) is 99.1 Å². The Balaban J connectivity index is 4.49. The van der Waals surface area contributed by atoms with Crippen molar-refractivity contribution in [3.8, 4) is 0 Å². The molecule has 0 aliphatic rings. The van der Waals surface area contributed by atoms with Crippen molar-refractivity contribution in [1.82, 2.24) is 0 Å².